The second-order valence-electron chi connectivity index (χ2n) is 14.4. The van der Waals surface area contributed by atoms with E-state index < -0.39 is 0 Å². The molecule has 0 spiro atoms. The summed E-state index contributed by atoms with van der Waals surface area (Å²) in [4.78, 5) is 15.3. The Morgan fingerprint density at radius 1 is 0.441 bits per heavy atom. The van der Waals surface area contributed by atoms with Crippen LogP contribution in [-0.4, -0.2) is 26.4 Å². The predicted molar refractivity (Wildman–Crippen MR) is 243 cm³/mol. The van der Waals surface area contributed by atoms with Gasteiger partial charge in [-0.25, -0.2) is 15.0 Å². The lowest BCUT2D eigenvalue weighted by atomic mass is 9.82. The molecule has 0 radical (unpaired) electrons. The maximum atomic E-state index is 9.68. The van der Waals surface area contributed by atoms with E-state index in [-0.39, 0.29) is 0 Å². The van der Waals surface area contributed by atoms with Crippen molar-refractivity contribution in [1.82, 2.24) is 15.0 Å². The molecule has 0 bridgehead atoms. The van der Waals surface area contributed by atoms with Crippen LogP contribution in [0.25, 0.3) is 78.8 Å². The molecule has 0 unspecified atom stereocenters. The van der Waals surface area contributed by atoms with E-state index in [4.69, 9.17) is 20.1 Å². The van der Waals surface area contributed by atoms with E-state index in [9.17, 15) is 5.41 Å². The molecule has 2 N–H and O–H groups in total. The molecule has 6 heteroatoms. The van der Waals surface area contributed by atoms with Crippen LogP contribution in [0.1, 0.15) is 16.7 Å². The minimum Gasteiger partial charge on any atom is -0.298 e. The number of hydrogen-bond acceptors (Lipinski definition) is 6. The zero-order valence-electron chi connectivity index (χ0n) is 31.9. The lowest BCUT2D eigenvalue weighted by molar-refractivity contribution is 1.18. The Kier molecular flexibility index (Phi) is 9.25. The van der Waals surface area contributed by atoms with Crippen molar-refractivity contribution in [3.8, 4) is 56.3 Å². The molecule has 7 aromatic carbocycles. The minimum absolute atomic E-state index is 0.336. The number of allylic oxidation sites excluding steroid dienone is 1. The van der Waals surface area contributed by atoms with Crippen LogP contribution in [0.5, 0.6) is 0 Å². The molecule has 0 saturated heterocycles. The van der Waals surface area contributed by atoms with Gasteiger partial charge in [0.25, 0.3) is 0 Å². The smallest absolute Gasteiger partial charge is 0.160 e. The van der Waals surface area contributed by atoms with Gasteiger partial charge in [-0.3, -0.25) is 10.8 Å². The molecule has 0 aliphatic heterocycles. The number of para-hydroxylation sites is 1. The summed E-state index contributed by atoms with van der Waals surface area (Å²) in [6, 6.07) is 67.5. The van der Waals surface area contributed by atoms with E-state index >= 15 is 0 Å². The van der Waals surface area contributed by atoms with E-state index in [0.717, 1.165) is 89.3 Å². The normalized spacial score (nSPS) is 12.9. The first-order valence-corrected chi connectivity index (χ1v) is 19.6. The molecule has 278 valence electrons. The molecule has 1 aliphatic rings. The van der Waals surface area contributed by atoms with E-state index in [2.05, 4.69) is 84.3 Å². The fraction of sp³-hybridized carbons (Fsp3) is 0. The van der Waals surface area contributed by atoms with Crippen molar-refractivity contribution in [2.24, 2.45) is 5.10 Å². The first-order valence-electron chi connectivity index (χ1n) is 19.6. The van der Waals surface area contributed by atoms with Gasteiger partial charge >= 0.3 is 0 Å². The summed E-state index contributed by atoms with van der Waals surface area (Å²) in [5, 5.41) is 15.6. The Balaban J connectivity index is 1.12. The summed E-state index contributed by atoms with van der Waals surface area (Å²) in [7, 11) is 0. The largest absolute Gasteiger partial charge is 0.298 e. The van der Waals surface area contributed by atoms with Gasteiger partial charge in [0.1, 0.15) is 5.71 Å². The number of hydrogen-bond donors (Lipinski definition) is 2. The molecule has 2 heterocycles. The Morgan fingerprint density at radius 3 is 1.58 bits per heavy atom. The van der Waals surface area contributed by atoms with Crippen molar-refractivity contribution in [1.29, 1.82) is 5.41 Å². The van der Waals surface area contributed by atoms with Gasteiger partial charge in [-0.1, -0.05) is 170 Å². The van der Waals surface area contributed by atoms with E-state index in [1.165, 1.54) is 0 Å². The molecule has 0 amide bonds. The number of aromatic nitrogens is 3. The van der Waals surface area contributed by atoms with Crippen molar-refractivity contribution >= 4 is 39.7 Å². The predicted octanol–water partition coefficient (Wildman–Crippen LogP) is 12.7. The molecule has 59 heavy (non-hydrogen) atoms. The molecular formula is C53H36N6. The van der Waals surface area contributed by atoms with Crippen LogP contribution >= 0.6 is 0 Å². The number of fused-ring (bicyclic) bond motifs is 3. The first-order chi connectivity index (χ1) is 29.2. The number of hydrazone groups is 1. The lowest BCUT2D eigenvalue weighted by Crippen LogP contribution is -2.24. The SMILES string of the molecule is N=C1C(c2ccccc2)=Cc2c(-c3ccccc3)nc3ccc(-c4ccc(-c5cc(-c6ccccc6)nc(-c6ccccc6)n5)cc4)cc3c2/C1=N/Nc1ccccc1. The van der Waals surface area contributed by atoms with Gasteiger partial charge in [0.15, 0.2) is 5.82 Å². The average Bonchev–Trinajstić information content (AvgIpc) is 3.32. The molecule has 0 fully saturated rings. The zero-order valence-corrected chi connectivity index (χ0v) is 31.9. The number of nitrogens with one attached hydrogen (secondary N) is 2. The molecular weight excluding hydrogens is 721 g/mol. The van der Waals surface area contributed by atoms with Gasteiger partial charge in [-0.15, -0.1) is 0 Å². The Hall–Kier alpha value is -8.09. The van der Waals surface area contributed by atoms with Gasteiger partial charge in [-0.05, 0) is 53.1 Å². The summed E-state index contributed by atoms with van der Waals surface area (Å²) in [6.45, 7) is 0. The highest BCUT2D eigenvalue weighted by molar-refractivity contribution is 6.65. The Labute approximate surface area is 342 Å². The van der Waals surface area contributed by atoms with E-state index in [0.29, 0.717) is 17.2 Å². The number of pyridine rings is 1. The van der Waals surface area contributed by atoms with Crippen LogP contribution in [0.3, 0.4) is 0 Å². The van der Waals surface area contributed by atoms with Crippen molar-refractivity contribution in [3.63, 3.8) is 0 Å². The number of benzene rings is 7. The highest BCUT2D eigenvalue weighted by Gasteiger charge is 2.29. The molecule has 0 saturated carbocycles. The molecule has 2 aromatic heterocycles. The third-order valence-electron chi connectivity index (χ3n) is 10.6. The van der Waals surface area contributed by atoms with Gasteiger partial charge in [0.05, 0.1) is 34.0 Å². The van der Waals surface area contributed by atoms with Gasteiger partial charge in [0, 0.05) is 44.3 Å². The fourth-order valence-electron chi connectivity index (χ4n) is 7.63. The second kappa shape index (κ2) is 15.4. The highest BCUT2D eigenvalue weighted by Crippen LogP contribution is 2.40. The van der Waals surface area contributed by atoms with Crippen LogP contribution in [0.4, 0.5) is 5.69 Å². The molecule has 10 rings (SSSR count). The first kappa shape index (κ1) is 35.3. The summed E-state index contributed by atoms with van der Waals surface area (Å²) in [5.74, 6) is 0.682. The van der Waals surface area contributed by atoms with Crippen molar-refractivity contribution in [2.75, 3.05) is 5.43 Å². The zero-order chi connectivity index (χ0) is 39.5. The van der Waals surface area contributed by atoms with Crippen molar-refractivity contribution in [2.45, 2.75) is 0 Å². The molecule has 1 aliphatic carbocycles. The quantitative estimate of drug-likeness (QED) is 0.151. The minimum atomic E-state index is 0.336. The molecule has 9 aromatic rings. The summed E-state index contributed by atoms with van der Waals surface area (Å²) in [6.07, 6.45) is 2.11. The van der Waals surface area contributed by atoms with Crippen LogP contribution < -0.4 is 5.43 Å². The lowest BCUT2D eigenvalue weighted by Gasteiger charge is -2.24. The summed E-state index contributed by atoms with van der Waals surface area (Å²) in [5.41, 5.74) is 17.9. The maximum absolute atomic E-state index is 9.68. The molecule has 6 nitrogen and oxygen atoms in total. The fourth-order valence-corrected chi connectivity index (χ4v) is 7.63. The Bertz CT molecular complexity index is 2980. The average molecular weight is 757 g/mol. The third kappa shape index (κ3) is 7.00. The summed E-state index contributed by atoms with van der Waals surface area (Å²) >= 11 is 0. The maximum Gasteiger partial charge on any atom is 0.160 e. The van der Waals surface area contributed by atoms with Gasteiger partial charge in [-0.2, -0.15) is 5.10 Å². The van der Waals surface area contributed by atoms with Gasteiger partial charge < -0.3 is 0 Å². The Morgan fingerprint density at radius 2 is 0.949 bits per heavy atom. The van der Waals surface area contributed by atoms with Crippen molar-refractivity contribution in [3.05, 3.63) is 217 Å². The van der Waals surface area contributed by atoms with Gasteiger partial charge in [0.2, 0.25) is 0 Å². The van der Waals surface area contributed by atoms with Crippen LogP contribution in [0.2, 0.25) is 0 Å². The highest BCUT2D eigenvalue weighted by atomic mass is 15.3. The van der Waals surface area contributed by atoms with E-state index in [1.807, 2.05) is 127 Å². The van der Waals surface area contributed by atoms with E-state index in [1.54, 1.807) is 0 Å². The third-order valence-corrected chi connectivity index (χ3v) is 10.6. The van der Waals surface area contributed by atoms with Crippen LogP contribution in [0, 0.1) is 5.41 Å². The monoisotopic (exact) mass is 756 g/mol. The second-order valence-corrected chi connectivity index (χ2v) is 14.4. The standard InChI is InChI=1S/C53H36N6/c54-50-43(36-16-6-1-7-17-36)33-45-49(52(50)59-58-42-24-14-5-15-25-42)44-32-41(30-31-46(44)55-51(45)39-20-10-3-11-21-39)35-26-28-38(29-27-35)48-34-47(37-18-8-2-9-19-37)56-53(57-48)40-22-12-4-13-23-40/h1-34,54,58H/b54-50?,59-52-. The number of nitrogens with zero attached hydrogens (tertiary/aromatic N) is 4. The molecule has 0 atom stereocenters. The summed E-state index contributed by atoms with van der Waals surface area (Å²) < 4.78 is 0. The topological polar surface area (TPSA) is 86.9 Å². The number of anilines is 1. The van der Waals surface area contributed by atoms with Crippen LogP contribution in [-0.2, 0) is 0 Å². The van der Waals surface area contributed by atoms with Crippen molar-refractivity contribution < 1.29 is 0 Å². The van der Waals surface area contributed by atoms with Crippen LogP contribution in [0.15, 0.2) is 205 Å². The number of rotatable bonds is 8.